The molecule has 0 aliphatic rings. The van der Waals surface area contributed by atoms with Crippen LogP contribution in [0, 0.1) is 0 Å². The molecule has 1 aromatic heterocycles. The normalized spacial score (nSPS) is 10.7. The average Bonchev–Trinajstić information content (AvgIpc) is 2.85. The van der Waals surface area contributed by atoms with Crippen molar-refractivity contribution in [3.05, 3.63) is 35.7 Å². The second kappa shape index (κ2) is 5.59. The van der Waals surface area contributed by atoms with Gasteiger partial charge in [-0.1, -0.05) is 25.1 Å². The number of benzene rings is 1. The van der Waals surface area contributed by atoms with Crippen LogP contribution in [0.4, 0.5) is 0 Å². The fourth-order valence-corrected chi connectivity index (χ4v) is 1.73. The van der Waals surface area contributed by atoms with Crippen LogP contribution in [-0.4, -0.2) is 23.8 Å². The number of hydrogen-bond acceptors (Lipinski definition) is 4. The van der Waals surface area contributed by atoms with Crippen LogP contribution in [0.25, 0.3) is 11.5 Å². The third-order valence-electron chi connectivity index (χ3n) is 2.68. The van der Waals surface area contributed by atoms with Gasteiger partial charge in [0.15, 0.2) is 0 Å². The monoisotopic (exact) mass is 231 g/mol. The molecular weight excluding hydrogens is 214 g/mol. The first-order valence-corrected chi connectivity index (χ1v) is 5.90. The molecule has 2 rings (SSSR count). The zero-order chi connectivity index (χ0) is 12.1. The summed E-state index contributed by atoms with van der Waals surface area (Å²) in [6.07, 6.45) is 1.72. The molecule has 1 heterocycles. The van der Waals surface area contributed by atoms with E-state index in [0.29, 0.717) is 11.8 Å². The highest BCUT2D eigenvalue weighted by atomic mass is 16.4. The van der Waals surface area contributed by atoms with Crippen LogP contribution in [0.15, 0.2) is 28.7 Å². The maximum absolute atomic E-state index is 5.65. The Balaban J connectivity index is 2.24. The summed E-state index contributed by atoms with van der Waals surface area (Å²) in [4.78, 5) is 0. The van der Waals surface area contributed by atoms with Crippen molar-refractivity contribution in [1.82, 2.24) is 15.5 Å². The second-order valence-electron chi connectivity index (χ2n) is 3.87. The average molecular weight is 231 g/mol. The summed E-state index contributed by atoms with van der Waals surface area (Å²) < 4.78 is 5.65. The summed E-state index contributed by atoms with van der Waals surface area (Å²) in [6.45, 7) is 2.97. The lowest BCUT2D eigenvalue weighted by Crippen LogP contribution is -2.10. The summed E-state index contributed by atoms with van der Waals surface area (Å²) in [5.41, 5.74) is 2.27. The van der Waals surface area contributed by atoms with Crippen molar-refractivity contribution in [2.75, 3.05) is 13.6 Å². The van der Waals surface area contributed by atoms with Crippen LogP contribution in [0.5, 0.6) is 0 Å². The van der Waals surface area contributed by atoms with E-state index in [2.05, 4.69) is 28.5 Å². The highest BCUT2D eigenvalue weighted by molar-refractivity contribution is 5.58. The van der Waals surface area contributed by atoms with Crippen LogP contribution >= 0.6 is 0 Å². The molecule has 4 nitrogen and oxygen atoms in total. The van der Waals surface area contributed by atoms with Crippen molar-refractivity contribution in [2.45, 2.75) is 19.8 Å². The van der Waals surface area contributed by atoms with Gasteiger partial charge in [0.2, 0.25) is 11.8 Å². The van der Waals surface area contributed by atoms with Gasteiger partial charge in [-0.3, -0.25) is 0 Å². The first kappa shape index (κ1) is 11.8. The maximum atomic E-state index is 5.65. The lowest BCUT2D eigenvalue weighted by molar-refractivity contribution is 0.499. The number of likely N-dealkylation sites (N-methyl/N-ethyl adjacent to an activating group) is 1. The predicted octanol–water partition coefficient (Wildman–Crippen LogP) is 2.06. The number of nitrogens with one attached hydrogen (secondary N) is 1. The first-order chi connectivity index (χ1) is 8.35. The van der Waals surface area contributed by atoms with Gasteiger partial charge in [0.25, 0.3) is 0 Å². The van der Waals surface area contributed by atoms with Gasteiger partial charge >= 0.3 is 0 Å². The zero-order valence-electron chi connectivity index (χ0n) is 10.2. The smallest absolute Gasteiger partial charge is 0.248 e. The summed E-state index contributed by atoms with van der Waals surface area (Å²) >= 11 is 0. The zero-order valence-corrected chi connectivity index (χ0v) is 10.2. The molecule has 0 spiro atoms. The summed E-state index contributed by atoms with van der Waals surface area (Å²) in [5.74, 6) is 1.30. The Morgan fingerprint density at radius 1 is 1.24 bits per heavy atom. The van der Waals surface area contributed by atoms with E-state index in [-0.39, 0.29) is 0 Å². The lowest BCUT2D eigenvalue weighted by Gasteiger charge is -2.01. The number of nitrogens with zero attached hydrogens (tertiary/aromatic N) is 2. The second-order valence-corrected chi connectivity index (χ2v) is 3.87. The molecule has 0 aliphatic carbocycles. The van der Waals surface area contributed by atoms with Gasteiger partial charge in [-0.15, -0.1) is 10.2 Å². The van der Waals surface area contributed by atoms with Crippen molar-refractivity contribution in [2.24, 2.45) is 0 Å². The number of hydrogen-bond donors (Lipinski definition) is 1. The molecule has 0 bridgehead atoms. The van der Waals surface area contributed by atoms with Crippen LogP contribution in [0.3, 0.4) is 0 Å². The molecule has 0 saturated carbocycles. The summed E-state index contributed by atoms with van der Waals surface area (Å²) in [5, 5.41) is 11.2. The van der Waals surface area contributed by atoms with Crippen molar-refractivity contribution in [3.63, 3.8) is 0 Å². The fourth-order valence-electron chi connectivity index (χ4n) is 1.73. The van der Waals surface area contributed by atoms with Crippen LogP contribution in [0.1, 0.15) is 18.4 Å². The molecule has 0 fully saturated rings. The Morgan fingerprint density at radius 3 is 2.82 bits per heavy atom. The molecule has 0 atom stereocenters. The Labute approximate surface area is 101 Å². The largest absolute Gasteiger partial charge is 0.421 e. The molecule has 0 aliphatic heterocycles. The fraction of sp³-hybridized carbons (Fsp3) is 0.385. The van der Waals surface area contributed by atoms with Crippen molar-refractivity contribution >= 4 is 0 Å². The molecule has 90 valence electrons. The predicted molar refractivity (Wildman–Crippen MR) is 66.7 cm³/mol. The Kier molecular flexibility index (Phi) is 3.88. The molecule has 0 saturated heterocycles. The van der Waals surface area contributed by atoms with Gasteiger partial charge in [0.05, 0.1) is 0 Å². The lowest BCUT2D eigenvalue weighted by atomic mass is 10.1. The Bertz CT molecular complexity index is 479. The molecule has 1 N–H and O–H groups in total. The van der Waals surface area contributed by atoms with Gasteiger partial charge in [-0.05, 0) is 25.1 Å². The van der Waals surface area contributed by atoms with E-state index in [0.717, 1.165) is 24.9 Å². The topological polar surface area (TPSA) is 51.0 Å². The van der Waals surface area contributed by atoms with E-state index in [9.17, 15) is 0 Å². The molecular formula is C13H17N3O. The van der Waals surface area contributed by atoms with E-state index in [1.54, 1.807) is 0 Å². The molecule has 1 aromatic carbocycles. The third-order valence-corrected chi connectivity index (χ3v) is 2.68. The molecule has 17 heavy (non-hydrogen) atoms. The Morgan fingerprint density at radius 2 is 2.06 bits per heavy atom. The molecule has 0 amide bonds. The van der Waals surface area contributed by atoms with E-state index in [1.165, 1.54) is 5.56 Å². The number of aromatic nitrogens is 2. The minimum absolute atomic E-state index is 0.619. The maximum Gasteiger partial charge on any atom is 0.248 e. The SMILES string of the molecule is CCc1ccccc1-c1nnc(CCNC)o1. The Hall–Kier alpha value is -1.68. The molecule has 2 aromatic rings. The summed E-state index contributed by atoms with van der Waals surface area (Å²) in [6, 6.07) is 8.13. The molecule has 0 radical (unpaired) electrons. The number of aryl methyl sites for hydroxylation is 1. The quantitative estimate of drug-likeness (QED) is 0.855. The van der Waals surface area contributed by atoms with E-state index >= 15 is 0 Å². The van der Waals surface area contributed by atoms with Crippen LogP contribution in [-0.2, 0) is 12.8 Å². The van der Waals surface area contributed by atoms with Gasteiger partial charge in [-0.25, -0.2) is 0 Å². The molecule has 4 heteroatoms. The van der Waals surface area contributed by atoms with Gasteiger partial charge in [0, 0.05) is 18.5 Å². The van der Waals surface area contributed by atoms with E-state index in [1.807, 2.05) is 25.2 Å². The molecule has 0 unspecified atom stereocenters. The van der Waals surface area contributed by atoms with Gasteiger partial charge in [-0.2, -0.15) is 0 Å². The van der Waals surface area contributed by atoms with Crippen LogP contribution in [0.2, 0.25) is 0 Å². The van der Waals surface area contributed by atoms with Gasteiger partial charge < -0.3 is 9.73 Å². The van der Waals surface area contributed by atoms with Crippen molar-refractivity contribution in [1.29, 1.82) is 0 Å². The highest BCUT2D eigenvalue weighted by Gasteiger charge is 2.10. The van der Waals surface area contributed by atoms with Crippen molar-refractivity contribution in [3.8, 4) is 11.5 Å². The first-order valence-electron chi connectivity index (χ1n) is 5.90. The van der Waals surface area contributed by atoms with E-state index in [4.69, 9.17) is 4.42 Å². The third kappa shape index (κ3) is 2.71. The highest BCUT2D eigenvalue weighted by Crippen LogP contribution is 2.22. The van der Waals surface area contributed by atoms with Crippen LogP contribution < -0.4 is 5.32 Å². The van der Waals surface area contributed by atoms with Crippen molar-refractivity contribution < 1.29 is 4.42 Å². The van der Waals surface area contributed by atoms with Gasteiger partial charge in [0.1, 0.15) is 0 Å². The van der Waals surface area contributed by atoms with E-state index < -0.39 is 0 Å². The minimum atomic E-state index is 0.619. The standard InChI is InChI=1S/C13H17N3O/c1-3-10-6-4-5-7-11(10)13-16-15-12(17-13)8-9-14-2/h4-7,14H,3,8-9H2,1-2H3. The minimum Gasteiger partial charge on any atom is -0.421 e. The number of rotatable bonds is 5. The summed E-state index contributed by atoms with van der Waals surface area (Å²) in [7, 11) is 1.91.